The molecule has 0 saturated carbocycles. The number of hydrogen-bond donors (Lipinski definition) is 1. The third-order valence-corrected chi connectivity index (χ3v) is 4.39. The number of nitrogens with one attached hydrogen (secondary N) is 1. The van der Waals surface area contributed by atoms with Crippen LogP contribution in [0, 0.1) is 0 Å². The van der Waals surface area contributed by atoms with Crippen molar-refractivity contribution >= 4 is 54.3 Å². The molecule has 1 heterocycles. The van der Waals surface area contributed by atoms with E-state index in [1.54, 1.807) is 5.38 Å². The normalized spacial score (nSPS) is 11.3. The minimum absolute atomic E-state index is 0.0744. The molecule has 1 aromatic heterocycles. The van der Waals surface area contributed by atoms with E-state index in [0.29, 0.717) is 0 Å². The van der Waals surface area contributed by atoms with Gasteiger partial charge in [-0.1, -0.05) is 11.6 Å². The van der Waals surface area contributed by atoms with Gasteiger partial charge in [-0.3, -0.25) is 4.79 Å². The van der Waals surface area contributed by atoms with E-state index in [1.165, 1.54) is 35.0 Å². The van der Waals surface area contributed by atoms with Gasteiger partial charge in [0.2, 0.25) is 0 Å². The molecule has 0 aliphatic rings. The van der Waals surface area contributed by atoms with Gasteiger partial charge in [0.05, 0.1) is 21.1 Å². The Bertz CT molecular complexity index is 714. The zero-order valence-electron chi connectivity index (χ0n) is 9.13. The summed E-state index contributed by atoms with van der Waals surface area (Å²) in [4.78, 5) is 15.5. The maximum absolute atomic E-state index is 11.7. The molecule has 100 valence electrons. The van der Waals surface area contributed by atoms with Crippen LogP contribution in [0.4, 0.5) is 5.69 Å². The van der Waals surface area contributed by atoms with Crippen LogP contribution in [0.1, 0.15) is 10.5 Å². The minimum Gasteiger partial charge on any atom is -0.319 e. The molecule has 5 nitrogen and oxygen atoms in total. The molecular weight excluding hydrogens is 331 g/mol. The second-order valence-electron chi connectivity index (χ2n) is 3.41. The summed E-state index contributed by atoms with van der Waals surface area (Å²) in [6.45, 7) is 0. The van der Waals surface area contributed by atoms with Gasteiger partial charge in [-0.05, 0) is 18.2 Å². The Morgan fingerprint density at radius 1 is 1.37 bits per heavy atom. The van der Waals surface area contributed by atoms with E-state index in [9.17, 15) is 13.2 Å². The molecule has 0 aliphatic heterocycles. The van der Waals surface area contributed by atoms with Crippen LogP contribution in [0.15, 0.2) is 34.0 Å². The molecule has 2 rings (SSSR count). The highest BCUT2D eigenvalue weighted by Gasteiger charge is 2.14. The molecule has 1 N–H and O–H groups in total. The fourth-order valence-electron chi connectivity index (χ4n) is 1.26. The van der Waals surface area contributed by atoms with E-state index < -0.39 is 15.0 Å². The van der Waals surface area contributed by atoms with Crippen LogP contribution in [0.5, 0.6) is 0 Å². The predicted octanol–water partition coefficient (Wildman–Crippen LogP) is 2.98. The molecule has 0 bridgehead atoms. The molecule has 1 aromatic carbocycles. The number of rotatable bonds is 3. The Labute approximate surface area is 122 Å². The van der Waals surface area contributed by atoms with Crippen molar-refractivity contribution in [2.45, 2.75) is 4.90 Å². The van der Waals surface area contributed by atoms with Gasteiger partial charge in [0.15, 0.2) is 0 Å². The molecule has 0 atom stereocenters. The van der Waals surface area contributed by atoms with Crippen LogP contribution < -0.4 is 5.32 Å². The van der Waals surface area contributed by atoms with E-state index >= 15 is 0 Å². The van der Waals surface area contributed by atoms with Crippen LogP contribution in [0.25, 0.3) is 0 Å². The Kier molecular flexibility index (Phi) is 4.10. The topological polar surface area (TPSA) is 76.1 Å². The highest BCUT2D eigenvalue weighted by molar-refractivity contribution is 8.13. The highest BCUT2D eigenvalue weighted by atomic mass is 35.7. The minimum atomic E-state index is -3.85. The van der Waals surface area contributed by atoms with E-state index in [0.717, 1.165) is 0 Å². The van der Waals surface area contributed by atoms with Gasteiger partial charge in [-0.25, -0.2) is 13.4 Å². The van der Waals surface area contributed by atoms with Crippen LogP contribution in [-0.4, -0.2) is 19.3 Å². The molecule has 0 saturated heterocycles. The SMILES string of the molecule is O=C(Nc1ccc(S(=O)(=O)Cl)cc1Cl)c1cscn1. The number of hydrogen-bond acceptors (Lipinski definition) is 5. The lowest BCUT2D eigenvalue weighted by Crippen LogP contribution is -2.12. The van der Waals surface area contributed by atoms with Crippen LogP contribution in [-0.2, 0) is 9.05 Å². The monoisotopic (exact) mass is 336 g/mol. The molecule has 0 unspecified atom stereocenters. The summed E-state index contributed by atoms with van der Waals surface area (Å²) in [6.07, 6.45) is 0. The number of benzene rings is 1. The van der Waals surface area contributed by atoms with Gasteiger partial charge >= 0.3 is 0 Å². The number of aromatic nitrogens is 1. The zero-order chi connectivity index (χ0) is 14.0. The standard InChI is InChI=1S/C10H6Cl2N2O3S2/c11-7-3-6(19(12,16)17)1-2-8(7)14-10(15)9-4-18-5-13-9/h1-5H,(H,14,15). The second-order valence-corrected chi connectivity index (χ2v) is 7.10. The third-order valence-electron chi connectivity index (χ3n) is 2.14. The molecule has 0 fully saturated rings. The lowest BCUT2D eigenvalue weighted by Gasteiger charge is -2.06. The highest BCUT2D eigenvalue weighted by Crippen LogP contribution is 2.27. The number of anilines is 1. The van der Waals surface area contributed by atoms with E-state index in [1.807, 2.05) is 0 Å². The van der Waals surface area contributed by atoms with Crippen molar-refractivity contribution in [3.05, 3.63) is 39.8 Å². The molecule has 0 aliphatic carbocycles. The molecule has 19 heavy (non-hydrogen) atoms. The molecule has 2 aromatic rings. The van der Waals surface area contributed by atoms with E-state index in [4.69, 9.17) is 22.3 Å². The van der Waals surface area contributed by atoms with Crippen LogP contribution in [0.2, 0.25) is 5.02 Å². The first-order valence-corrected chi connectivity index (χ1v) is 8.44. The molecule has 9 heteroatoms. The number of nitrogens with zero attached hydrogens (tertiary/aromatic N) is 1. The largest absolute Gasteiger partial charge is 0.319 e. The van der Waals surface area contributed by atoms with Crippen molar-refractivity contribution in [1.82, 2.24) is 4.98 Å². The number of carbonyl (C=O) groups is 1. The van der Waals surface area contributed by atoms with Crippen molar-refractivity contribution in [2.75, 3.05) is 5.32 Å². The van der Waals surface area contributed by atoms with Gasteiger partial charge < -0.3 is 5.32 Å². The van der Waals surface area contributed by atoms with Crippen molar-refractivity contribution in [3.63, 3.8) is 0 Å². The van der Waals surface area contributed by atoms with Crippen molar-refractivity contribution in [1.29, 1.82) is 0 Å². The average molecular weight is 337 g/mol. The number of carbonyl (C=O) groups excluding carboxylic acids is 1. The molecule has 0 spiro atoms. The lowest BCUT2D eigenvalue weighted by molar-refractivity contribution is 0.102. The molecule has 0 radical (unpaired) electrons. The Balaban J connectivity index is 2.25. The van der Waals surface area contributed by atoms with Crippen molar-refractivity contribution in [2.24, 2.45) is 0 Å². The summed E-state index contributed by atoms with van der Waals surface area (Å²) < 4.78 is 22.2. The summed E-state index contributed by atoms with van der Waals surface area (Å²) in [6, 6.07) is 3.79. The molecule has 1 amide bonds. The summed E-state index contributed by atoms with van der Waals surface area (Å²) in [5.74, 6) is -0.426. The first-order valence-electron chi connectivity index (χ1n) is 4.81. The van der Waals surface area contributed by atoms with Crippen molar-refractivity contribution in [3.8, 4) is 0 Å². The Hall–Kier alpha value is -1.15. The van der Waals surface area contributed by atoms with E-state index in [2.05, 4.69) is 10.3 Å². The predicted molar refractivity (Wildman–Crippen MR) is 74.6 cm³/mol. The molecular formula is C10H6Cl2N2O3S2. The van der Waals surface area contributed by atoms with Gasteiger partial charge in [0.25, 0.3) is 15.0 Å². The fraction of sp³-hybridized carbons (Fsp3) is 0. The van der Waals surface area contributed by atoms with Gasteiger partial charge in [0, 0.05) is 16.1 Å². The summed E-state index contributed by atoms with van der Waals surface area (Å²) in [7, 11) is 1.34. The smallest absolute Gasteiger partial charge is 0.275 e. The zero-order valence-corrected chi connectivity index (χ0v) is 12.3. The van der Waals surface area contributed by atoms with Gasteiger partial charge in [-0.15, -0.1) is 11.3 Å². The summed E-state index contributed by atoms with van der Waals surface area (Å²) >= 11 is 7.17. The maximum atomic E-state index is 11.7. The number of amides is 1. The third kappa shape index (κ3) is 3.44. The fourth-order valence-corrected chi connectivity index (χ4v) is 2.86. The number of halogens is 2. The first-order chi connectivity index (χ1) is 8.88. The van der Waals surface area contributed by atoms with Crippen molar-refractivity contribution < 1.29 is 13.2 Å². The lowest BCUT2D eigenvalue weighted by atomic mass is 10.3. The average Bonchev–Trinajstić information content (AvgIpc) is 2.84. The summed E-state index contributed by atoms with van der Waals surface area (Å²) in [5, 5.41) is 4.19. The van der Waals surface area contributed by atoms with E-state index in [-0.39, 0.29) is 21.3 Å². The van der Waals surface area contributed by atoms with Crippen LogP contribution >= 0.6 is 33.6 Å². The first kappa shape index (κ1) is 14.3. The Morgan fingerprint density at radius 2 is 2.11 bits per heavy atom. The Morgan fingerprint density at radius 3 is 2.63 bits per heavy atom. The number of thiazole rings is 1. The quantitative estimate of drug-likeness (QED) is 0.874. The maximum Gasteiger partial charge on any atom is 0.275 e. The van der Waals surface area contributed by atoms with Gasteiger partial charge in [0.1, 0.15) is 5.69 Å². The second kappa shape index (κ2) is 5.46. The summed E-state index contributed by atoms with van der Waals surface area (Å²) in [5.41, 5.74) is 2.07. The van der Waals surface area contributed by atoms with Gasteiger partial charge in [-0.2, -0.15) is 0 Å². The van der Waals surface area contributed by atoms with Crippen LogP contribution in [0.3, 0.4) is 0 Å².